The molecule has 1 N–H and O–H groups in total. The predicted octanol–water partition coefficient (Wildman–Crippen LogP) is 8.85. The molecule has 2 atom stereocenters. The van der Waals surface area contributed by atoms with Crippen molar-refractivity contribution in [1.29, 1.82) is 0 Å². The van der Waals surface area contributed by atoms with Crippen LogP contribution in [-0.4, -0.2) is 54.4 Å². The van der Waals surface area contributed by atoms with Gasteiger partial charge in [-0.1, -0.05) is 45.9 Å². The summed E-state index contributed by atoms with van der Waals surface area (Å²) < 4.78 is 42.4. The topological polar surface area (TPSA) is 135 Å². The number of halogens is 1. The first kappa shape index (κ1) is 41.0. The molecule has 0 saturated heterocycles. The zero-order valence-electron chi connectivity index (χ0n) is 30.2. The highest BCUT2D eigenvalue weighted by molar-refractivity contribution is 5.97. The summed E-state index contributed by atoms with van der Waals surface area (Å²) in [6, 6.07) is 15.1. The van der Waals surface area contributed by atoms with Gasteiger partial charge in [0.2, 0.25) is 0 Å². The van der Waals surface area contributed by atoms with Crippen LogP contribution in [0.25, 0.3) is 11.1 Å². The minimum Gasteiger partial charge on any atom is -0.493 e. The summed E-state index contributed by atoms with van der Waals surface area (Å²) in [6.45, 7) is 13.9. The summed E-state index contributed by atoms with van der Waals surface area (Å²) in [6.07, 6.45) is 3.20. The van der Waals surface area contributed by atoms with E-state index < -0.39 is 30.6 Å². The minimum atomic E-state index is -1.19. The maximum Gasteiger partial charge on any atom is 0.343 e. The average molecular weight is 719 g/mol. The molecule has 0 aromatic heterocycles. The Morgan fingerprint density at radius 1 is 0.731 bits per heavy atom. The Kier molecular flexibility index (Phi) is 16.1. The Labute approximate surface area is 304 Å². The first-order valence-electron chi connectivity index (χ1n) is 17.2. The number of aromatic carboxylic acids is 1. The van der Waals surface area contributed by atoms with Crippen LogP contribution in [0.5, 0.6) is 17.2 Å². The summed E-state index contributed by atoms with van der Waals surface area (Å²) in [7, 11) is 0. The molecule has 10 nitrogen and oxygen atoms in total. The average Bonchev–Trinajstić information content (AvgIpc) is 3.11. The van der Waals surface area contributed by atoms with Crippen LogP contribution in [0.3, 0.4) is 0 Å². The van der Waals surface area contributed by atoms with E-state index >= 15 is 0 Å². The molecule has 0 spiro atoms. The Morgan fingerprint density at radius 3 is 1.77 bits per heavy atom. The van der Waals surface area contributed by atoms with Crippen molar-refractivity contribution in [3.05, 3.63) is 102 Å². The Morgan fingerprint density at radius 2 is 1.27 bits per heavy atom. The van der Waals surface area contributed by atoms with E-state index in [1.54, 1.807) is 32.0 Å². The van der Waals surface area contributed by atoms with Crippen LogP contribution in [0, 0.1) is 0 Å². The second kappa shape index (κ2) is 20.4. The van der Waals surface area contributed by atoms with E-state index in [1.165, 1.54) is 42.5 Å². The third kappa shape index (κ3) is 12.4. The predicted molar refractivity (Wildman–Crippen MR) is 194 cm³/mol. The van der Waals surface area contributed by atoms with E-state index in [1.807, 2.05) is 13.8 Å². The van der Waals surface area contributed by atoms with Gasteiger partial charge in [0.15, 0.2) is 0 Å². The number of carboxylic acids is 1. The fraction of sp³-hybridized carbons (Fsp3) is 0.366. The SMILES string of the molecule is C=C(C)C(=O)OC(CCC)CCOc1ccc(C(=O)Oc2ccc(-c3cc(OCCC(CCC)OC(=O)C(=C)C)ccc3C(=O)O)cc2CF)cc1. The summed E-state index contributed by atoms with van der Waals surface area (Å²) in [5, 5.41) is 9.87. The van der Waals surface area contributed by atoms with Gasteiger partial charge in [-0.2, -0.15) is 0 Å². The lowest BCUT2D eigenvalue weighted by Gasteiger charge is -2.18. The summed E-state index contributed by atoms with van der Waals surface area (Å²) in [5.41, 5.74) is 1.51. The molecule has 2 unspecified atom stereocenters. The number of benzene rings is 3. The number of alkyl halides is 1. The third-order valence-electron chi connectivity index (χ3n) is 7.91. The zero-order valence-corrected chi connectivity index (χ0v) is 30.2. The van der Waals surface area contributed by atoms with Crippen molar-refractivity contribution in [2.24, 2.45) is 0 Å². The highest BCUT2D eigenvalue weighted by Crippen LogP contribution is 2.33. The van der Waals surface area contributed by atoms with Crippen LogP contribution in [0.1, 0.15) is 92.5 Å². The van der Waals surface area contributed by atoms with Crippen molar-refractivity contribution in [3.63, 3.8) is 0 Å². The first-order chi connectivity index (χ1) is 24.9. The summed E-state index contributed by atoms with van der Waals surface area (Å²) in [4.78, 5) is 49.0. The number of carboxylic acid groups (broad SMARTS) is 1. The van der Waals surface area contributed by atoms with Gasteiger partial charge in [-0.25, -0.2) is 23.6 Å². The molecule has 0 radical (unpaired) electrons. The van der Waals surface area contributed by atoms with Gasteiger partial charge in [0, 0.05) is 29.6 Å². The quantitative estimate of drug-likeness (QED) is 0.0647. The zero-order chi connectivity index (χ0) is 38.2. The monoisotopic (exact) mass is 718 g/mol. The van der Waals surface area contributed by atoms with Crippen LogP contribution < -0.4 is 14.2 Å². The second-order valence-electron chi connectivity index (χ2n) is 12.3. The van der Waals surface area contributed by atoms with E-state index in [4.69, 9.17) is 23.7 Å². The van der Waals surface area contributed by atoms with Crippen molar-refractivity contribution >= 4 is 23.9 Å². The van der Waals surface area contributed by atoms with E-state index in [0.717, 1.165) is 12.8 Å². The van der Waals surface area contributed by atoms with Crippen molar-refractivity contribution in [1.82, 2.24) is 0 Å². The molecule has 278 valence electrons. The van der Waals surface area contributed by atoms with Crippen molar-refractivity contribution < 1.29 is 52.4 Å². The molecule has 11 heteroatoms. The van der Waals surface area contributed by atoms with Gasteiger partial charge in [0.1, 0.15) is 36.1 Å². The van der Waals surface area contributed by atoms with Crippen molar-refractivity contribution in [3.8, 4) is 28.4 Å². The molecule has 0 heterocycles. The Bertz CT molecular complexity index is 1730. The Hall–Kier alpha value is -5.45. The fourth-order valence-electron chi connectivity index (χ4n) is 5.12. The van der Waals surface area contributed by atoms with E-state index in [2.05, 4.69) is 13.2 Å². The van der Waals surface area contributed by atoms with E-state index in [0.29, 0.717) is 53.9 Å². The number of esters is 3. The van der Waals surface area contributed by atoms with Gasteiger partial charge in [0.05, 0.1) is 24.3 Å². The van der Waals surface area contributed by atoms with E-state index in [-0.39, 0.29) is 53.4 Å². The number of carbonyl (C=O) groups excluding carboxylic acids is 3. The molecule has 0 aliphatic heterocycles. The second-order valence-corrected chi connectivity index (χ2v) is 12.3. The van der Waals surface area contributed by atoms with Gasteiger partial charge >= 0.3 is 23.9 Å². The van der Waals surface area contributed by atoms with Crippen LogP contribution >= 0.6 is 0 Å². The van der Waals surface area contributed by atoms with Crippen LogP contribution in [0.2, 0.25) is 0 Å². The number of hydrogen-bond acceptors (Lipinski definition) is 9. The molecule has 0 aliphatic carbocycles. The molecule has 52 heavy (non-hydrogen) atoms. The molecular weight excluding hydrogens is 671 g/mol. The maximum absolute atomic E-state index is 14.3. The van der Waals surface area contributed by atoms with Crippen LogP contribution in [0.4, 0.5) is 4.39 Å². The first-order valence-corrected chi connectivity index (χ1v) is 17.2. The maximum atomic E-state index is 14.3. The smallest absolute Gasteiger partial charge is 0.343 e. The molecule has 3 aromatic carbocycles. The fourth-order valence-corrected chi connectivity index (χ4v) is 5.12. The van der Waals surface area contributed by atoms with Gasteiger partial charge < -0.3 is 28.8 Å². The third-order valence-corrected chi connectivity index (χ3v) is 7.91. The normalized spacial score (nSPS) is 11.9. The molecule has 0 fully saturated rings. The molecular formula is C41H47FO10. The van der Waals surface area contributed by atoms with Gasteiger partial charge in [-0.3, -0.25) is 0 Å². The lowest BCUT2D eigenvalue weighted by Crippen LogP contribution is -2.21. The highest BCUT2D eigenvalue weighted by atomic mass is 19.1. The van der Waals surface area contributed by atoms with Crippen molar-refractivity contribution in [2.45, 2.75) is 85.1 Å². The van der Waals surface area contributed by atoms with Crippen LogP contribution in [-0.2, 0) is 25.7 Å². The van der Waals surface area contributed by atoms with Gasteiger partial charge in [0.25, 0.3) is 0 Å². The molecule has 0 amide bonds. The minimum absolute atomic E-state index is 0.0154. The largest absolute Gasteiger partial charge is 0.493 e. The standard InChI is InChI=1S/C41H47FO10/c1-7-9-32(50-39(45)26(3)4)19-21-48-31-14-11-28(12-15-31)41(47)52-37-18-13-29(23-30(37)25-42)36-24-34(16-17-35(36)38(43)44)49-22-20-33(10-8-2)51-40(46)27(5)6/h11-18,23-24,32-33H,3,5,7-10,19-22,25H2,1-2,4,6H3,(H,43,44). The number of ether oxygens (including phenoxy) is 5. The number of rotatable bonds is 21. The molecule has 0 bridgehead atoms. The summed E-state index contributed by atoms with van der Waals surface area (Å²) >= 11 is 0. The lowest BCUT2D eigenvalue weighted by atomic mass is 9.97. The highest BCUT2D eigenvalue weighted by Gasteiger charge is 2.19. The number of hydrogen-bond donors (Lipinski definition) is 1. The van der Waals surface area contributed by atoms with Gasteiger partial charge in [-0.15, -0.1) is 0 Å². The van der Waals surface area contributed by atoms with E-state index in [9.17, 15) is 28.7 Å². The molecule has 3 rings (SSSR count). The summed E-state index contributed by atoms with van der Waals surface area (Å²) in [5.74, 6) is -1.96. The van der Waals surface area contributed by atoms with Crippen molar-refractivity contribution in [2.75, 3.05) is 13.2 Å². The molecule has 0 saturated carbocycles. The van der Waals surface area contributed by atoms with Crippen LogP contribution in [0.15, 0.2) is 85.0 Å². The number of carbonyl (C=O) groups is 4. The Balaban J connectivity index is 1.68. The lowest BCUT2D eigenvalue weighted by molar-refractivity contribution is -0.146. The molecule has 0 aliphatic rings. The molecule has 3 aromatic rings. The van der Waals surface area contributed by atoms with Gasteiger partial charge in [-0.05, 0) is 92.4 Å².